The summed E-state index contributed by atoms with van der Waals surface area (Å²) in [4.78, 5) is 38.0. The maximum atomic E-state index is 12.4. The molecule has 1 amide bonds. The van der Waals surface area contributed by atoms with Crippen LogP contribution in [0.4, 0.5) is 0 Å². The number of nitrogens with zero attached hydrogens (tertiary/aromatic N) is 3. The van der Waals surface area contributed by atoms with Gasteiger partial charge in [0.25, 0.3) is 6.47 Å². The van der Waals surface area contributed by atoms with Crippen molar-refractivity contribution < 1.29 is 24.6 Å². The van der Waals surface area contributed by atoms with Crippen LogP contribution < -0.4 is 0 Å². The number of aliphatic carboxylic acids is 1. The Labute approximate surface area is 136 Å². The summed E-state index contributed by atoms with van der Waals surface area (Å²) in [7, 11) is 2.09. The summed E-state index contributed by atoms with van der Waals surface area (Å²) >= 11 is 0. The first kappa shape index (κ1) is 19.4. The molecule has 2 fully saturated rings. The van der Waals surface area contributed by atoms with Crippen LogP contribution in [0.15, 0.2) is 0 Å². The number of hydrogen-bond acceptors (Lipinski definition) is 5. The molecule has 0 bridgehead atoms. The molecule has 0 aliphatic carbocycles. The molecular weight excluding hydrogens is 302 g/mol. The van der Waals surface area contributed by atoms with Gasteiger partial charge in [-0.3, -0.25) is 14.5 Å². The minimum atomic E-state index is -0.867. The molecule has 8 heteroatoms. The van der Waals surface area contributed by atoms with Crippen molar-refractivity contribution >= 4 is 18.3 Å². The Balaban J connectivity index is 0.000000816. The van der Waals surface area contributed by atoms with Gasteiger partial charge in [-0.25, -0.2) is 4.79 Å². The lowest BCUT2D eigenvalue weighted by Crippen LogP contribution is -2.51. The minimum absolute atomic E-state index is 0.0262. The monoisotopic (exact) mass is 329 g/mol. The third-order valence-corrected chi connectivity index (χ3v) is 4.28. The van der Waals surface area contributed by atoms with E-state index in [-0.39, 0.29) is 12.4 Å². The van der Waals surface area contributed by atoms with Gasteiger partial charge in [-0.15, -0.1) is 0 Å². The molecular formula is C15H27N3O5. The summed E-state index contributed by atoms with van der Waals surface area (Å²) in [6.45, 7) is 4.53. The van der Waals surface area contributed by atoms with E-state index in [1.54, 1.807) is 4.90 Å². The highest BCUT2D eigenvalue weighted by molar-refractivity contribution is 5.85. The zero-order chi connectivity index (χ0) is 17.2. The highest BCUT2D eigenvalue weighted by atomic mass is 16.4. The first-order chi connectivity index (χ1) is 11.0. The highest BCUT2D eigenvalue weighted by Gasteiger charge is 2.32. The van der Waals surface area contributed by atoms with E-state index in [0.29, 0.717) is 19.5 Å². The molecule has 0 aromatic carbocycles. The Bertz CT molecular complexity index is 405. The van der Waals surface area contributed by atoms with Crippen molar-refractivity contribution in [3.63, 3.8) is 0 Å². The molecule has 2 N–H and O–H groups in total. The Kier molecular flexibility index (Phi) is 8.57. The topological polar surface area (TPSA) is 101 Å². The second-order valence-corrected chi connectivity index (χ2v) is 5.98. The molecule has 0 spiro atoms. The van der Waals surface area contributed by atoms with Crippen LogP contribution in [0.3, 0.4) is 0 Å². The fourth-order valence-corrected chi connectivity index (χ4v) is 3.03. The molecule has 8 nitrogen and oxygen atoms in total. The van der Waals surface area contributed by atoms with Crippen LogP contribution in [0.25, 0.3) is 0 Å². The van der Waals surface area contributed by atoms with Crippen LogP contribution in [0, 0.1) is 0 Å². The first-order valence-electron chi connectivity index (χ1n) is 8.00. The van der Waals surface area contributed by atoms with Crippen LogP contribution in [-0.4, -0.2) is 95.6 Å². The predicted molar refractivity (Wildman–Crippen MR) is 84.2 cm³/mol. The van der Waals surface area contributed by atoms with Crippen LogP contribution in [-0.2, 0) is 14.4 Å². The SMILES string of the molecule is CN1CCCN(CC(=O)N2CCCCC2C(=O)O)CC1.O=CO. The van der Waals surface area contributed by atoms with Crippen LogP contribution >= 0.6 is 0 Å². The van der Waals surface area contributed by atoms with Crippen molar-refractivity contribution in [3.8, 4) is 0 Å². The Hall–Kier alpha value is -1.67. The van der Waals surface area contributed by atoms with E-state index < -0.39 is 12.0 Å². The van der Waals surface area contributed by atoms with E-state index >= 15 is 0 Å². The van der Waals surface area contributed by atoms with E-state index in [1.807, 2.05) is 0 Å². The summed E-state index contributed by atoms with van der Waals surface area (Å²) in [5.41, 5.74) is 0. The Morgan fingerprint density at radius 3 is 2.43 bits per heavy atom. The molecule has 0 radical (unpaired) electrons. The van der Waals surface area contributed by atoms with Crippen molar-refractivity contribution in [2.45, 2.75) is 31.7 Å². The first-order valence-corrected chi connectivity index (χ1v) is 8.00. The van der Waals surface area contributed by atoms with Gasteiger partial charge >= 0.3 is 5.97 Å². The third-order valence-electron chi connectivity index (χ3n) is 4.28. The molecule has 0 aromatic heterocycles. The average molecular weight is 329 g/mol. The van der Waals surface area contributed by atoms with Crippen LogP contribution in [0.2, 0.25) is 0 Å². The summed E-state index contributed by atoms with van der Waals surface area (Å²) in [5, 5.41) is 16.1. The lowest BCUT2D eigenvalue weighted by Gasteiger charge is -2.34. The molecule has 2 aliphatic rings. The largest absolute Gasteiger partial charge is 0.483 e. The molecule has 1 atom stereocenters. The molecule has 1 unspecified atom stereocenters. The van der Waals surface area contributed by atoms with Gasteiger partial charge in [-0.05, 0) is 45.8 Å². The molecule has 0 aromatic rings. The molecule has 23 heavy (non-hydrogen) atoms. The minimum Gasteiger partial charge on any atom is -0.483 e. The molecule has 2 rings (SSSR count). The number of piperidine rings is 1. The number of carboxylic acid groups (broad SMARTS) is 2. The van der Waals surface area contributed by atoms with Crippen molar-refractivity contribution in [2.75, 3.05) is 46.3 Å². The van der Waals surface area contributed by atoms with Crippen LogP contribution in [0.5, 0.6) is 0 Å². The molecule has 2 saturated heterocycles. The number of carboxylic acids is 1. The number of likely N-dealkylation sites (N-methyl/N-ethyl adjacent to an activating group) is 1. The Morgan fingerprint density at radius 2 is 1.78 bits per heavy atom. The highest BCUT2D eigenvalue weighted by Crippen LogP contribution is 2.17. The number of carbonyl (C=O) groups excluding carboxylic acids is 1. The van der Waals surface area contributed by atoms with Gasteiger partial charge in [0, 0.05) is 19.6 Å². The van der Waals surface area contributed by atoms with Gasteiger partial charge in [0.1, 0.15) is 6.04 Å². The molecule has 2 aliphatic heterocycles. The van der Waals surface area contributed by atoms with Crippen molar-refractivity contribution in [1.29, 1.82) is 0 Å². The maximum Gasteiger partial charge on any atom is 0.326 e. The predicted octanol–water partition coefficient (Wildman–Crippen LogP) is -0.210. The maximum absolute atomic E-state index is 12.4. The number of carbonyl (C=O) groups is 3. The standard InChI is InChI=1S/C14H25N3O3.CH2O2/c1-15-6-4-7-16(10-9-15)11-13(18)17-8-3-2-5-12(17)14(19)20;2-1-3/h12H,2-11H2,1H3,(H,19,20);1H,(H,2,3). The van der Waals surface area contributed by atoms with E-state index in [4.69, 9.17) is 9.90 Å². The number of hydrogen-bond donors (Lipinski definition) is 2. The van der Waals surface area contributed by atoms with Gasteiger partial charge in [-0.1, -0.05) is 0 Å². The summed E-state index contributed by atoms with van der Waals surface area (Å²) in [5.74, 6) is -0.893. The fourth-order valence-electron chi connectivity index (χ4n) is 3.03. The third kappa shape index (κ3) is 6.54. The molecule has 2 heterocycles. The quantitative estimate of drug-likeness (QED) is 0.691. The second kappa shape index (κ2) is 10.2. The van der Waals surface area contributed by atoms with Crippen molar-refractivity contribution in [2.24, 2.45) is 0 Å². The van der Waals surface area contributed by atoms with Crippen molar-refractivity contribution in [1.82, 2.24) is 14.7 Å². The number of likely N-dealkylation sites (tertiary alicyclic amines) is 1. The van der Waals surface area contributed by atoms with E-state index in [9.17, 15) is 14.7 Å². The van der Waals surface area contributed by atoms with Gasteiger partial charge < -0.3 is 20.0 Å². The lowest BCUT2D eigenvalue weighted by molar-refractivity contribution is -0.152. The van der Waals surface area contributed by atoms with E-state index in [2.05, 4.69) is 16.8 Å². The Morgan fingerprint density at radius 1 is 1.09 bits per heavy atom. The average Bonchev–Trinajstić information content (AvgIpc) is 2.72. The van der Waals surface area contributed by atoms with Crippen molar-refractivity contribution in [3.05, 3.63) is 0 Å². The zero-order valence-corrected chi connectivity index (χ0v) is 13.7. The second-order valence-electron chi connectivity index (χ2n) is 5.98. The summed E-state index contributed by atoms with van der Waals surface area (Å²) in [6.07, 6.45) is 3.46. The van der Waals surface area contributed by atoms with Gasteiger partial charge in [0.05, 0.1) is 6.54 Å². The number of rotatable bonds is 3. The summed E-state index contributed by atoms with van der Waals surface area (Å²) < 4.78 is 0. The smallest absolute Gasteiger partial charge is 0.326 e. The molecule has 132 valence electrons. The van der Waals surface area contributed by atoms with Gasteiger partial charge in [0.2, 0.25) is 5.91 Å². The number of amides is 1. The van der Waals surface area contributed by atoms with E-state index in [0.717, 1.165) is 45.4 Å². The zero-order valence-electron chi connectivity index (χ0n) is 13.7. The molecule has 0 saturated carbocycles. The van der Waals surface area contributed by atoms with Crippen LogP contribution in [0.1, 0.15) is 25.7 Å². The van der Waals surface area contributed by atoms with Gasteiger partial charge in [0.15, 0.2) is 0 Å². The van der Waals surface area contributed by atoms with Gasteiger partial charge in [-0.2, -0.15) is 0 Å². The summed E-state index contributed by atoms with van der Waals surface area (Å²) in [6, 6.07) is -0.620. The fraction of sp³-hybridized carbons (Fsp3) is 0.800. The van der Waals surface area contributed by atoms with E-state index in [1.165, 1.54) is 0 Å². The lowest BCUT2D eigenvalue weighted by atomic mass is 10.0. The normalized spacial score (nSPS) is 23.3.